The molecular weight excluding hydrogens is 330 g/mol. The van der Waals surface area contributed by atoms with Crippen molar-refractivity contribution in [1.82, 2.24) is 19.8 Å². The third-order valence-electron chi connectivity index (χ3n) is 5.16. The largest absolute Gasteiger partial charge is 0.469 e. The first-order chi connectivity index (χ1) is 12.7. The van der Waals surface area contributed by atoms with Gasteiger partial charge in [-0.05, 0) is 25.2 Å². The Balaban J connectivity index is 1.70. The molecule has 7 heteroatoms. The maximum Gasteiger partial charge on any atom is 0.305 e. The van der Waals surface area contributed by atoms with Crippen molar-refractivity contribution in [3.05, 3.63) is 18.7 Å². The molecule has 2 heterocycles. The Morgan fingerprint density at radius 2 is 2.15 bits per heavy atom. The normalized spacial score (nSPS) is 20.9. The molecule has 146 valence electrons. The van der Waals surface area contributed by atoms with Gasteiger partial charge in [-0.2, -0.15) is 0 Å². The van der Waals surface area contributed by atoms with Crippen molar-refractivity contribution in [1.29, 1.82) is 0 Å². The maximum absolute atomic E-state index is 11.1. The number of rotatable bonds is 8. The molecule has 0 amide bonds. The lowest BCUT2D eigenvalue weighted by Gasteiger charge is -2.39. The summed E-state index contributed by atoms with van der Waals surface area (Å²) in [7, 11) is 3.29. The van der Waals surface area contributed by atoms with Gasteiger partial charge in [-0.1, -0.05) is 19.8 Å². The molecule has 1 aromatic heterocycles. The molecule has 1 N–H and O–H groups in total. The predicted molar refractivity (Wildman–Crippen MR) is 103 cm³/mol. The number of aliphatic imine (C=N–C) groups is 1. The van der Waals surface area contributed by atoms with Crippen LogP contribution in [0.2, 0.25) is 0 Å². The number of guanidine groups is 1. The molecule has 0 radical (unpaired) electrons. The summed E-state index contributed by atoms with van der Waals surface area (Å²) in [4.78, 5) is 22.1. The Hall–Kier alpha value is -2.05. The van der Waals surface area contributed by atoms with Crippen LogP contribution >= 0.6 is 0 Å². The molecule has 2 atom stereocenters. The van der Waals surface area contributed by atoms with Crippen LogP contribution in [0, 0.1) is 5.92 Å². The number of hydrogen-bond acceptors (Lipinski definition) is 4. The Labute approximate surface area is 156 Å². The van der Waals surface area contributed by atoms with Crippen molar-refractivity contribution >= 4 is 11.9 Å². The lowest BCUT2D eigenvalue weighted by Crippen LogP contribution is -2.49. The van der Waals surface area contributed by atoms with E-state index in [1.54, 1.807) is 0 Å². The molecule has 0 saturated carbocycles. The molecule has 1 fully saturated rings. The number of nitrogens with zero attached hydrogens (tertiary/aromatic N) is 4. The molecule has 26 heavy (non-hydrogen) atoms. The third kappa shape index (κ3) is 6.04. The first-order valence-corrected chi connectivity index (χ1v) is 9.65. The Bertz CT molecular complexity index is 558. The summed E-state index contributed by atoms with van der Waals surface area (Å²) in [5, 5.41) is 3.49. The Morgan fingerprint density at radius 3 is 2.85 bits per heavy atom. The second-order valence-electron chi connectivity index (χ2n) is 7.00. The minimum atomic E-state index is -0.115. The van der Waals surface area contributed by atoms with Gasteiger partial charge in [0.25, 0.3) is 0 Å². The van der Waals surface area contributed by atoms with Crippen LogP contribution in [-0.2, 0) is 9.53 Å². The maximum atomic E-state index is 11.1. The molecule has 0 aromatic carbocycles. The van der Waals surface area contributed by atoms with E-state index in [0.717, 1.165) is 57.7 Å². The minimum Gasteiger partial charge on any atom is -0.469 e. The number of aromatic nitrogens is 2. The standard InChI is InChI=1S/C19H33N5O2/c1-16-9-12-23(14-17(16)24-13-11-21-15-24)19(20-2)22-10-7-5-4-6-8-18(25)26-3/h11,13,15-17H,4-10,12,14H2,1-3H3,(H,20,22). The molecule has 1 aromatic rings. The van der Waals surface area contributed by atoms with Gasteiger partial charge in [0.1, 0.15) is 0 Å². The third-order valence-corrected chi connectivity index (χ3v) is 5.16. The zero-order valence-corrected chi connectivity index (χ0v) is 16.4. The highest BCUT2D eigenvalue weighted by Crippen LogP contribution is 2.27. The first kappa shape index (κ1) is 20.3. The molecular formula is C19H33N5O2. The fourth-order valence-corrected chi connectivity index (χ4v) is 3.48. The van der Waals surface area contributed by atoms with Gasteiger partial charge in [-0.25, -0.2) is 4.98 Å². The molecule has 1 saturated heterocycles. The molecule has 1 aliphatic rings. The van der Waals surface area contributed by atoms with Gasteiger partial charge >= 0.3 is 5.97 Å². The lowest BCUT2D eigenvalue weighted by atomic mass is 9.93. The first-order valence-electron chi connectivity index (χ1n) is 9.65. The lowest BCUT2D eigenvalue weighted by molar-refractivity contribution is -0.140. The van der Waals surface area contributed by atoms with Gasteiger partial charge in [0.15, 0.2) is 5.96 Å². The van der Waals surface area contributed by atoms with Crippen LogP contribution < -0.4 is 5.32 Å². The Kier molecular flexibility index (Phi) is 8.44. The number of likely N-dealkylation sites (tertiary alicyclic amines) is 1. The summed E-state index contributed by atoms with van der Waals surface area (Å²) < 4.78 is 6.87. The van der Waals surface area contributed by atoms with Crippen LogP contribution in [0.4, 0.5) is 0 Å². The molecule has 0 bridgehead atoms. The van der Waals surface area contributed by atoms with E-state index in [9.17, 15) is 4.79 Å². The van der Waals surface area contributed by atoms with E-state index in [1.165, 1.54) is 7.11 Å². The van der Waals surface area contributed by atoms with Crippen molar-refractivity contribution in [3.8, 4) is 0 Å². The van der Waals surface area contributed by atoms with E-state index in [0.29, 0.717) is 18.4 Å². The molecule has 2 rings (SSSR count). The SMILES string of the molecule is CN=C(NCCCCCCC(=O)OC)N1CCC(C)C(n2ccnc2)C1. The van der Waals surface area contributed by atoms with E-state index in [2.05, 4.69) is 42.6 Å². The predicted octanol–water partition coefficient (Wildman–Crippen LogP) is 2.46. The van der Waals surface area contributed by atoms with Crippen LogP contribution in [0.3, 0.4) is 0 Å². The number of ether oxygens (including phenoxy) is 1. The van der Waals surface area contributed by atoms with Crippen LogP contribution in [-0.4, -0.2) is 60.2 Å². The number of nitrogens with one attached hydrogen (secondary N) is 1. The van der Waals surface area contributed by atoms with Crippen LogP contribution in [0.25, 0.3) is 0 Å². The van der Waals surface area contributed by atoms with Gasteiger partial charge in [-0.3, -0.25) is 9.79 Å². The number of unbranched alkanes of at least 4 members (excludes halogenated alkanes) is 3. The smallest absolute Gasteiger partial charge is 0.305 e. The minimum absolute atomic E-state index is 0.115. The highest BCUT2D eigenvalue weighted by Gasteiger charge is 2.28. The van der Waals surface area contributed by atoms with Gasteiger partial charge in [0.2, 0.25) is 0 Å². The number of esters is 1. The van der Waals surface area contributed by atoms with Crippen molar-refractivity contribution in [2.45, 2.75) is 51.5 Å². The summed E-state index contributed by atoms with van der Waals surface area (Å²) >= 11 is 0. The van der Waals surface area contributed by atoms with Gasteiger partial charge < -0.3 is 19.5 Å². The average Bonchev–Trinajstić information content (AvgIpc) is 3.19. The number of hydrogen-bond donors (Lipinski definition) is 1. The highest BCUT2D eigenvalue weighted by molar-refractivity contribution is 5.80. The summed E-state index contributed by atoms with van der Waals surface area (Å²) in [6.45, 7) is 5.21. The van der Waals surface area contributed by atoms with E-state index in [1.807, 2.05) is 19.6 Å². The van der Waals surface area contributed by atoms with Crippen molar-refractivity contribution in [3.63, 3.8) is 0 Å². The van der Waals surface area contributed by atoms with E-state index in [-0.39, 0.29) is 5.97 Å². The quantitative estimate of drug-likeness (QED) is 0.332. The fraction of sp³-hybridized carbons (Fsp3) is 0.737. The van der Waals surface area contributed by atoms with E-state index >= 15 is 0 Å². The second kappa shape index (κ2) is 10.8. The summed E-state index contributed by atoms with van der Waals surface area (Å²) in [5.74, 6) is 1.50. The summed E-state index contributed by atoms with van der Waals surface area (Å²) in [5.41, 5.74) is 0. The molecule has 2 unspecified atom stereocenters. The van der Waals surface area contributed by atoms with Crippen molar-refractivity contribution in [2.24, 2.45) is 10.9 Å². The van der Waals surface area contributed by atoms with Crippen molar-refractivity contribution < 1.29 is 9.53 Å². The van der Waals surface area contributed by atoms with Crippen LogP contribution in [0.15, 0.2) is 23.7 Å². The number of imidazole rings is 1. The Morgan fingerprint density at radius 1 is 1.35 bits per heavy atom. The molecule has 7 nitrogen and oxygen atoms in total. The monoisotopic (exact) mass is 363 g/mol. The van der Waals surface area contributed by atoms with E-state index < -0.39 is 0 Å². The topological polar surface area (TPSA) is 71.8 Å². The molecule has 0 aliphatic carbocycles. The summed E-state index contributed by atoms with van der Waals surface area (Å²) in [6.07, 6.45) is 11.6. The number of carbonyl (C=O) groups is 1. The zero-order chi connectivity index (χ0) is 18.8. The number of piperidine rings is 1. The molecule has 0 spiro atoms. The number of carbonyl (C=O) groups excluding carboxylic acids is 1. The van der Waals surface area contributed by atoms with Gasteiger partial charge in [0.05, 0.1) is 19.5 Å². The van der Waals surface area contributed by atoms with Crippen LogP contribution in [0.1, 0.15) is 51.5 Å². The molecule has 1 aliphatic heterocycles. The van der Waals surface area contributed by atoms with Crippen LogP contribution in [0.5, 0.6) is 0 Å². The van der Waals surface area contributed by atoms with Crippen molar-refractivity contribution in [2.75, 3.05) is 33.8 Å². The second-order valence-corrected chi connectivity index (χ2v) is 7.00. The van der Waals surface area contributed by atoms with Gasteiger partial charge in [0, 0.05) is 45.5 Å². The summed E-state index contributed by atoms with van der Waals surface area (Å²) in [6, 6.07) is 0.433. The highest BCUT2D eigenvalue weighted by atomic mass is 16.5. The number of methoxy groups -OCH3 is 1. The zero-order valence-electron chi connectivity index (χ0n) is 16.4. The fourth-order valence-electron chi connectivity index (χ4n) is 3.48. The van der Waals surface area contributed by atoms with Gasteiger partial charge in [-0.15, -0.1) is 0 Å². The van der Waals surface area contributed by atoms with E-state index in [4.69, 9.17) is 0 Å². The average molecular weight is 364 g/mol.